The standard InChI is InChI=1S/C14H13N3O4S/c15-12(19)9-6-7-4-5-17(14(21)11(7)22-9)13(20)8-2-1-3-10(18)16-8/h1-3,6,14,21H,4-5H2,(H2,15,19)(H,16,18)/t14-/m1/s1. The first-order valence-electron chi connectivity index (χ1n) is 6.58. The maximum atomic E-state index is 12.4. The largest absolute Gasteiger partial charge is 0.368 e. The molecule has 7 nitrogen and oxygen atoms in total. The Bertz CT molecular complexity index is 810. The number of rotatable bonds is 2. The molecular formula is C14H13N3O4S. The van der Waals surface area contributed by atoms with Crippen LogP contribution in [0.25, 0.3) is 0 Å². The number of carbonyl (C=O) groups is 2. The second-order valence-electron chi connectivity index (χ2n) is 4.92. The second-order valence-corrected chi connectivity index (χ2v) is 6.00. The zero-order chi connectivity index (χ0) is 15.9. The van der Waals surface area contributed by atoms with Gasteiger partial charge in [0.2, 0.25) is 5.56 Å². The number of H-pyrrole nitrogens is 1. The number of carbonyl (C=O) groups excluding carboxylic acids is 2. The number of aromatic amines is 1. The number of nitrogens with zero attached hydrogens (tertiary/aromatic N) is 1. The number of pyridine rings is 1. The fourth-order valence-corrected chi connectivity index (χ4v) is 3.49. The number of fused-ring (bicyclic) bond motifs is 1. The fraction of sp³-hybridized carbons (Fsp3) is 0.214. The lowest BCUT2D eigenvalue weighted by molar-refractivity contribution is 0.00277. The van der Waals surface area contributed by atoms with Gasteiger partial charge >= 0.3 is 0 Å². The highest BCUT2D eigenvalue weighted by molar-refractivity contribution is 7.14. The van der Waals surface area contributed by atoms with Gasteiger partial charge in [-0.3, -0.25) is 14.4 Å². The first-order chi connectivity index (χ1) is 10.5. The number of aliphatic hydroxyl groups is 1. The molecule has 3 rings (SSSR count). The summed E-state index contributed by atoms with van der Waals surface area (Å²) in [5, 5.41) is 10.4. The molecule has 22 heavy (non-hydrogen) atoms. The van der Waals surface area contributed by atoms with E-state index in [1.807, 2.05) is 0 Å². The highest BCUT2D eigenvalue weighted by Gasteiger charge is 2.32. The normalized spacial score (nSPS) is 17.1. The molecule has 0 fully saturated rings. The molecule has 0 spiro atoms. The van der Waals surface area contributed by atoms with Crippen LogP contribution in [0.1, 0.15) is 36.8 Å². The number of hydrogen-bond acceptors (Lipinski definition) is 5. The van der Waals surface area contributed by atoms with Gasteiger partial charge < -0.3 is 20.7 Å². The predicted octanol–water partition coefficient (Wildman–Crippen LogP) is 0.225. The van der Waals surface area contributed by atoms with Gasteiger partial charge in [0, 0.05) is 12.6 Å². The Kier molecular flexibility index (Phi) is 3.55. The molecule has 0 saturated heterocycles. The number of thiophene rings is 1. The van der Waals surface area contributed by atoms with Crippen molar-refractivity contribution in [2.75, 3.05) is 6.54 Å². The van der Waals surface area contributed by atoms with Crippen molar-refractivity contribution in [1.82, 2.24) is 9.88 Å². The van der Waals surface area contributed by atoms with E-state index in [9.17, 15) is 19.5 Å². The molecule has 0 aliphatic carbocycles. The molecule has 2 aromatic heterocycles. The van der Waals surface area contributed by atoms with Crippen LogP contribution in [0.4, 0.5) is 0 Å². The van der Waals surface area contributed by atoms with Gasteiger partial charge in [-0.1, -0.05) is 6.07 Å². The molecule has 8 heteroatoms. The Morgan fingerprint density at radius 2 is 2.18 bits per heavy atom. The minimum absolute atomic E-state index is 0.113. The number of aliphatic hydroxyl groups excluding tert-OH is 1. The number of nitrogens with one attached hydrogen (secondary N) is 1. The van der Waals surface area contributed by atoms with Crippen LogP contribution in [-0.4, -0.2) is 33.3 Å². The first-order valence-corrected chi connectivity index (χ1v) is 7.40. The van der Waals surface area contributed by atoms with Gasteiger partial charge in [-0.2, -0.15) is 0 Å². The van der Waals surface area contributed by atoms with E-state index in [0.29, 0.717) is 22.7 Å². The van der Waals surface area contributed by atoms with Gasteiger partial charge in [-0.25, -0.2) is 0 Å². The summed E-state index contributed by atoms with van der Waals surface area (Å²) in [7, 11) is 0. The Hall–Kier alpha value is -2.45. The second kappa shape index (κ2) is 5.39. The minimum atomic E-state index is -1.15. The Morgan fingerprint density at radius 1 is 1.41 bits per heavy atom. The monoisotopic (exact) mass is 319 g/mol. The molecule has 3 heterocycles. The van der Waals surface area contributed by atoms with Crippen LogP contribution in [0.15, 0.2) is 29.1 Å². The summed E-state index contributed by atoms with van der Waals surface area (Å²) in [4.78, 5) is 39.5. The Balaban J connectivity index is 1.92. The molecule has 2 amide bonds. The molecule has 1 atom stereocenters. The SMILES string of the molecule is NC(=O)c1cc2c(s1)[C@@H](O)N(C(=O)c1cccc(=O)[nH]1)CC2. The summed E-state index contributed by atoms with van der Waals surface area (Å²) in [5.74, 6) is -1.03. The maximum Gasteiger partial charge on any atom is 0.272 e. The van der Waals surface area contributed by atoms with Crippen molar-refractivity contribution in [3.63, 3.8) is 0 Å². The van der Waals surface area contributed by atoms with Gasteiger partial charge in [-0.05, 0) is 24.1 Å². The molecule has 0 saturated carbocycles. The Labute approximate surface area is 129 Å². The maximum absolute atomic E-state index is 12.4. The number of nitrogens with two attached hydrogens (primary N) is 1. The van der Waals surface area contributed by atoms with Gasteiger partial charge in [-0.15, -0.1) is 11.3 Å². The van der Waals surface area contributed by atoms with Crippen molar-refractivity contribution >= 4 is 23.2 Å². The zero-order valence-corrected chi connectivity index (χ0v) is 12.2. The average Bonchev–Trinajstić information content (AvgIpc) is 2.92. The molecule has 114 valence electrons. The summed E-state index contributed by atoms with van der Waals surface area (Å²) in [5.41, 5.74) is 5.79. The molecular weight excluding hydrogens is 306 g/mol. The minimum Gasteiger partial charge on any atom is -0.368 e. The highest BCUT2D eigenvalue weighted by Crippen LogP contribution is 2.35. The van der Waals surface area contributed by atoms with Crippen molar-refractivity contribution < 1.29 is 14.7 Å². The van der Waals surface area contributed by atoms with Gasteiger partial charge in [0.15, 0.2) is 6.23 Å². The van der Waals surface area contributed by atoms with E-state index in [0.717, 1.165) is 16.9 Å². The number of aromatic nitrogens is 1. The van der Waals surface area contributed by atoms with Crippen LogP contribution in [-0.2, 0) is 6.42 Å². The van der Waals surface area contributed by atoms with Gasteiger partial charge in [0.1, 0.15) is 5.69 Å². The molecule has 1 aliphatic rings. The third-order valence-corrected chi connectivity index (χ3v) is 4.73. The van der Waals surface area contributed by atoms with E-state index in [-0.39, 0.29) is 11.3 Å². The van der Waals surface area contributed by atoms with Crippen molar-refractivity contribution in [3.8, 4) is 0 Å². The average molecular weight is 319 g/mol. The van der Waals surface area contributed by atoms with E-state index in [2.05, 4.69) is 4.98 Å². The van der Waals surface area contributed by atoms with Crippen molar-refractivity contribution in [2.45, 2.75) is 12.6 Å². The van der Waals surface area contributed by atoms with Crippen LogP contribution in [0.3, 0.4) is 0 Å². The molecule has 4 N–H and O–H groups in total. The smallest absolute Gasteiger partial charge is 0.272 e. The van der Waals surface area contributed by atoms with Crippen molar-refractivity contribution in [1.29, 1.82) is 0 Å². The summed E-state index contributed by atoms with van der Waals surface area (Å²) < 4.78 is 0. The van der Waals surface area contributed by atoms with E-state index in [1.54, 1.807) is 6.07 Å². The molecule has 2 aromatic rings. The van der Waals surface area contributed by atoms with Gasteiger partial charge in [0.05, 0.1) is 9.75 Å². The van der Waals surface area contributed by atoms with E-state index in [1.165, 1.54) is 23.1 Å². The van der Waals surface area contributed by atoms with Crippen molar-refractivity contribution in [2.24, 2.45) is 5.73 Å². The van der Waals surface area contributed by atoms with E-state index >= 15 is 0 Å². The topological polar surface area (TPSA) is 116 Å². The quantitative estimate of drug-likeness (QED) is 0.734. The zero-order valence-electron chi connectivity index (χ0n) is 11.4. The molecule has 0 unspecified atom stereocenters. The lowest BCUT2D eigenvalue weighted by Gasteiger charge is -2.31. The van der Waals surface area contributed by atoms with Crippen LogP contribution < -0.4 is 11.3 Å². The highest BCUT2D eigenvalue weighted by atomic mass is 32.1. The lowest BCUT2D eigenvalue weighted by atomic mass is 10.1. The van der Waals surface area contributed by atoms with Crippen molar-refractivity contribution in [3.05, 3.63) is 55.6 Å². The number of primary amides is 1. The summed E-state index contributed by atoms with van der Waals surface area (Å²) >= 11 is 1.08. The first kappa shape index (κ1) is 14.5. The third kappa shape index (κ3) is 2.42. The molecule has 0 radical (unpaired) electrons. The van der Waals surface area contributed by atoms with E-state index < -0.39 is 18.0 Å². The summed E-state index contributed by atoms with van der Waals surface area (Å²) in [6, 6.07) is 5.91. The number of hydrogen-bond donors (Lipinski definition) is 3. The van der Waals surface area contributed by atoms with Crippen LogP contribution in [0, 0.1) is 0 Å². The lowest BCUT2D eigenvalue weighted by Crippen LogP contribution is -2.40. The molecule has 1 aliphatic heterocycles. The molecule has 0 bridgehead atoms. The fourth-order valence-electron chi connectivity index (χ4n) is 2.42. The van der Waals surface area contributed by atoms with Crippen LogP contribution in [0.5, 0.6) is 0 Å². The summed E-state index contributed by atoms with van der Waals surface area (Å²) in [6.07, 6.45) is -0.642. The van der Waals surface area contributed by atoms with E-state index in [4.69, 9.17) is 5.73 Å². The van der Waals surface area contributed by atoms with Gasteiger partial charge in [0.25, 0.3) is 11.8 Å². The Morgan fingerprint density at radius 3 is 2.86 bits per heavy atom. The summed E-state index contributed by atoms with van der Waals surface area (Å²) in [6.45, 7) is 0.291. The predicted molar refractivity (Wildman–Crippen MR) is 79.6 cm³/mol. The third-order valence-electron chi connectivity index (χ3n) is 3.50. The van der Waals surface area contributed by atoms with Crippen LogP contribution >= 0.6 is 11.3 Å². The van der Waals surface area contributed by atoms with Crippen LogP contribution in [0.2, 0.25) is 0 Å². The number of amides is 2. The molecule has 0 aromatic carbocycles.